The van der Waals surface area contributed by atoms with E-state index in [4.69, 9.17) is 16.3 Å². The molecule has 8 aromatic carbocycles. The molecule has 72 heavy (non-hydrogen) atoms. The number of pyridine rings is 1. The monoisotopic (exact) mass is 1120 g/mol. The molecule has 0 N–H and O–H groups in total. The van der Waals surface area contributed by atoms with Gasteiger partial charge in [-0.1, -0.05) is 93.0 Å². The van der Waals surface area contributed by atoms with Crippen molar-refractivity contribution >= 4 is 50.2 Å². The molecule has 1 aliphatic heterocycles. The average molecular weight is 1120 g/mol. The van der Waals surface area contributed by atoms with Crippen molar-refractivity contribution in [1.29, 1.82) is 5.26 Å². The SMILES string of the molecule is [2H]C([2H])([2H])c1c(-c2cc(C#N)ccc2C)cc(-c2cc([N+]#[C-])ccc2C)c(C([2H])([2H])[2H])c1-c1cc(Oc2[c-]c3c(cc2)c2ccccc2n3-c2cc(C(C)(C)C)ccn2)[c-]c(N2[CH-]N(c3ccccc3)c3ccccc32)c1.[Pt]. The normalized spacial score (nSPS) is 13.7. The molecular formula is C64H49N6OPt-3. The Morgan fingerprint density at radius 2 is 1.39 bits per heavy atom. The molecule has 10 aromatic rings. The number of hydrogen-bond acceptors (Lipinski definition) is 5. The van der Waals surface area contributed by atoms with Gasteiger partial charge in [-0.25, -0.2) is 9.83 Å². The number of para-hydroxylation sites is 4. The van der Waals surface area contributed by atoms with Crippen molar-refractivity contribution in [3.63, 3.8) is 0 Å². The number of benzene rings is 8. The van der Waals surface area contributed by atoms with Gasteiger partial charge in [0.15, 0.2) is 5.69 Å². The quantitative estimate of drug-likeness (QED) is 0.142. The van der Waals surface area contributed by atoms with Crippen LogP contribution in [0.15, 0.2) is 164 Å². The van der Waals surface area contributed by atoms with E-state index < -0.39 is 13.7 Å². The van der Waals surface area contributed by atoms with Crippen molar-refractivity contribution in [2.45, 2.75) is 53.7 Å². The van der Waals surface area contributed by atoms with Crippen LogP contribution in [-0.4, -0.2) is 9.55 Å². The second-order valence-corrected chi connectivity index (χ2v) is 18.8. The van der Waals surface area contributed by atoms with Crippen molar-refractivity contribution in [2.24, 2.45) is 0 Å². The fraction of sp³-hybridized carbons (Fsp3) is 0.125. The van der Waals surface area contributed by atoms with Crippen molar-refractivity contribution in [3.8, 4) is 56.8 Å². The van der Waals surface area contributed by atoms with Crippen molar-refractivity contribution in [1.82, 2.24) is 9.55 Å². The van der Waals surface area contributed by atoms with Crippen LogP contribution in [0.1, 0.15) is 62.4 Å². The molecule has 3 heterocycles. The number of hydrogen-bond donors (Lipinski definition) is 0. The Balaban J connectivity index is 0.00000688. The molecule has 0 spiro atoms. The minimum atomic E-state index is -2.94. The summed E-state index contributed by atoms with van der Waals surface area (Å²) in [5, 5.41) is 12.1. The number of ether oxygens (including phenoxy) is 1. The summed E-state index contributed by atoms with van der Waals surface area (Å²) in [7, 11) is 0. The number of aryl methyl sites for hydroxylation is 2. The molecule has 7 nitrogen and oxygen atoms in total. The number of rotatable bonds is 8. The second kappa shape index (κ2) is 18.8. The average Bonchev–Trinajstić information content (AvgIpc) is 4.04. The van der Waals surface area contributed by atoms with Crippen LogP contribution in [0.5, 0.6) is 11.5 Å². The zero-order chi connectivity index (χ0) is 54.1. The van der Waals surface area contributed by atoms with Gasteiger partial charge < -0.3 is 19.1 Å². The summed E-state index contributed by atoms with van der Waals surface area (Å²) in [6, 6.07) is 58.1. The molecule has 8 heteroatoms. The third-order valence-corrected chi connectivity index (χ3v) is 13.3. The Morgan fingerprint density at radius 3 is 2.11 bits per heavy atom. The van der Waals surface area contributed by atoms with Gasteiger partial charge in [0.05, 0.1) is 18.2 Å². The molecule has 0 atom stereocenters. The molecule has 0 fully saturated rings. The Labute approximate surface area is 444 Å². The molecule has 0 radical (unpaired) electrons. The van der Waals surface area contributed by atoms with Crippen LogP contribution >= 0.6 is 0 Å². The van der Waals surface area contributed by atoms with Crippen LogP contribution in [-0.2, 0) is 26.5 Å². The Kier molecular flexibility index (Phi) is 10.6. The van der Waals surface area contributed by atoms with Gasteiger partial charge in [0, 0.05) is 69.6 Å². The van der Waals surface area contributed by atoms with Gasteiger partial charge in [0.25, 0.3) is 0 Å². The van der Waals surface area contributed by atoms with Crippen LogP contribution in [0, 0.1) is 64.3 Å². The van der Waals surface area contributed by atoms with Gasteiger partial charge in [-0.15, -0.1) is 53.6 Å². The summed E-state index contributed by atoms with van der Waals surface area (Å²) in [4.78, 5) is 12.5. The smallest absolute Gasteiger partial charge is 0.187 e. The van der Waals surface area contributed by atoms with Gasteiger partial charge in [-0.3, -0.25) is 0 Å². The summed E-state index contributed by atoms with van der Waals surface area (Å²) in [5.74, 6) is 1.15. The first-order valence-corrected chi connectivity index (χ1v) is 23.3. The van der Waals surface area contributed by atoms with E-state index in [9.17, 15) is 13.5 Å². The van der Waals surface area contributed by atoms with Gasteiger partial charge in [-0.05, 0) is 161 Å². The Bertz CT molecular complexity index is 3990. The van der Waals surface area contributed by atoms with E-state index in [1.807, 2.05) is 128 Å². The van der Waals surface area contributed by atoms with E-state index in [1.165, 1.54) is 0 Å². The number of anilines is 4. The number of nitriles is 1. The largest absolute Gasteiger partial charge is 0.509 e. The molecule has 11 rings (SSSR count). The van der Waals surface area contributed by atoms with Gasteiger partial charge in [0.1, 0.15) is 5.82 Å². The Hall–Kier alpha value is -8.22. The minimum Gasteiger partial charge on any atom is -0.509 e. The number of fused-ring (bicyclic) bond motifs is 4. The topological polar surface area (TPSA) is 61.7 Å². The van der Waals surface area contributed by atoms with Crippen molar-refractivity contribution < 1.29 is 34.0 Å². The third kappa shape index (κ3) is 8.40. The molecule has 0 saturated heterocycles. The fourth-order valence-corrected chi connectivity index (χ4v) is 9.60. The molecule has 354 valence electrons. The molecule has 0 unspecified atom stereocenters. The maximum Gasteiger partial charge on any atom is 0.187 e. The Morgan fingerprint density at radius 1 is 0.694 bits per heavy atom. The molecular weight excluding hydrogens is 1060 g/mol. The van der Waals surface area contributed by atoms with Crippen molar-refractivity contribution in [2.75, 3.05) is 9.80 Å². The van der Waals surface area contributed by atoms with E-state index in [0.29, 0.717) is 50.6 Å². The molecule has 2 aromatic heterocycles. The van der Waals surface area contributed by atoms with Crippen LogP contribution < -0.4 is 14.5 Å². The first-order chi connectivity index (χ1) is 36.8. The minimum absolute atomic E-state index is 0. The van der Waals surface area contributed by atoms with Crippen LogP contribution in [0.25, 0.3) is 65.8 Å². The summed E-state index contributed by atoms with van der Waals surface area (Å²) < 4.78 is 65.5. The predicted octanol–water partition coefficient (Wildman–Crippen LogP) is 16.9. The maximum atomic E-state index is 10.2. The van der Waals surface area contributed by atoms with E-state index in [1.54, 1.807) is 54.6 Å². The number of aromatic nitrogens is 2. The van der Waals surface area contributed by atoms with Crippen LogP contribution in [0.4, 0.5) is 28.4 Å². The summed E-state index contributed by atoms with van der Waals surface area (Å²) in [5.41, 5.74) is 8.41. The van der Waals surface area contributed by atoms with Crippen LogP contribution in [0.3, 0.4) is 0 Å². The molecule has 0 bridgehead atoms. The van der Waals surface area contributed by atoms with Gasteiger partial charge in [0.2, 0.25) is 0 Å². The fourth-order valence-electron chi connectivity index (χ4n) is 9.60. The second-order valence-electron chi connectivity index (χ2n) is 18.8. The summed E-state index contributed by atoms with van der Waals surface area (Å²) in [6.07, 6.45) is 1.82. The first-order valence-electron chi connectivity index (χ1n) is 26.3. The van der Waals surface area contributed by atoms with E-state index in [2.05, 4.69) is 60.5 Å². The van der Waals surface area contributed by atoms with E-state index >= 15 is 0 Å². The molecule has 0 amide bonds. The van der Waals surface area contributed by atoms with E-state index in [0.717, 1.165) is 38.9 Å². The molecule has 0 saturated carbocycles. The van der Waals surface area contributed by atoms with Crippen molar-refractivity contribution in [3.05, 3.63) is 228 Å². The van der Waals surface area contributed by atoms with Crippen LogP contribution in [0.2, 0.25) is 0 Å². The van der Waals surface area contributed by atoms with E-state index in [-0.39, 0.29) is 71.3 Å². The zero-order valence-corrected chi connectivity index (χ0v) is 42.3. The molecule has 1 aliphatic rings. The zero-order valence-electron chi connectivity index (χ0n) is 46.1. The number of nitrogens with zero attached hydrogens (tertiary/aromatic N) is 6. The third-order valence-electron chi connectivity index (χ3n) is 13.3. The van der Waals surface area contributed by atoms with Gasteiger partial charge in [-0.2, -0.15) is 11.3 Å². The predicted molar refractivity (Wildman–Crippen MR) is 289 cm³/mol. The van der Waals surface area contributed by atoms with Gasteiger partial charge >= 0.3 is 0 Å². The summed E-state index contributed by atoms with van der Waals surface area (Å²) in [6.45, 7) is 14.1. The first kappa shape index (κ1) is 40.5. The summed E-state index contributed by atoms with van der Waals surface area (Å²) >= 11 is 0. The standard InChI is InChI=1S/C64H49N6O.Pt/c1-40-22-24-44(38-65)30-54(40)56-37-57(55-34-47(66-8)25-23-41(55)2)43(4)63(42(56)3)45-31-49(69-39-68(48-16-10-9-11-17-48)59-20-14-15-21-60(59)69)35-51(32-45)71-50-26-27-53-52-18-12-13-19-58(52)70(61(53)36-50)62-33-46(28-29-67-62)64(5,6)7;/h9-34,37,39H,1-7H3;/q-3;/i3D3,4D3;. The molecule has 0 aliphatic carbocycles. The maximum absolute atomic E-state index is 10.2.